The van der Waals surface area contributed by atoms with Crippen LogP contribution in [0.25, 0.3) is 0 Å². The van der Waals surface area contributed by atoms with Gasteiger partial charge in [-0.1, -0.05) is 23.8 Å². The van der Waals surface area contributed by atoms with E-state index in [1.54, 1.807) is 0 Å². The fourth-order valence-corrected chi connectivity index (χ4v) is 4.22. The van der Waals surface area contributed by atoms with Crippen LogP contribution in [0.3, 0.4) is 0 Å². The summed E-state index contributed by atoms with van der Waals surface area (Å²) in [6, 6.07) is 0. The van der Waals surface area contributed by atoms with E-state index in [0.717, 1.165) is 17.2 Å². The summed E-state index contributed by atoms with van der Waals surface area (Å²) < 4.78 is 4.04. The molecule has 106 valence electrons. The minimum absolute atomic E-state index is 0.695. The van der Waals surface area contributed by atoms with E-state index in [1.165, 1.54) is 69.6 Å². The summed E-state index contributed by atoms with van der Waals surface area (Å²) in [5.74, 6) is 0. The summed E-state index contributed by atoms with van der Waals surface area (Å²) >= 11 is 1.46. The quantitative estimate of drug-likeness (QED) is 0.923. The predicted octanol–water partition coefficient (Wildman–Crippen LogP) is 3.13. The highest BCUT2D eigenvalue weighted by Gasteiger charge is 2.35. The molecule has 2 aliphatic rings. The van der Waals surface area contributed by atoms with Crippen LogP contribution in [0.1, 0.15) is 50.6 Å². The number of aromatic nitrogens is 2. The molecule has 1 aliphatic carbocycles. The first-order valence-corrected chi connectivity index (χ1v) is 8.30. The lowest BCUT2D eigenvalue weighted by atomic mass is 9.68. The third kappa shape index (κ3) is 2.92. The number of nitrogens with one attached hydrogen (secondary N) is 1. The largest absolute Gasteiger partial charge is 0.377 e. The van der Waals surface area contributed by atoms with Gasteiger partial charge in [-0.05, 0) is 44.2 Å². The highest BCUT2D eigenvalue weighted by molar-refractivity contribution is 7.10. The van der Waals surface area contributed by atoms with Crippen LogP contribution in [-0.2, 0) is 6.54 Å². The average molecular weight is 280 g/mol. The van der Waals surface area contributed by atoms with E-state index in [0.29, 0.717) is 5.41 Å². The molecule has 1 N–H and O–H groups in total. The number of rotatable bonds is 3. The van der Waals surface area contributed by atoms with Crippen molar-refractivity contribution in [3.8, 4) is 0 Å². The molecule has 1 saturated heterocycles. The maximum absolute atomic E-state index is 4.25. The molecule has 0 radical (unpaired) electrons. The summed E-state index contributed by atoms with van der Waals surface area (Å²) in [5, 5.41) is 8.56. The van der Waals surface area contributed by atoms with Crippen molar-refractivity contribution in [2.75, 3.05) is 25.5 Å². The lowest BCUT2D eigenvalue weighted by Gasteiger charge is -2.44. The van der Waals surface area contributed by atoms with Crippen LogP contribution < -0.4 is 5.32 Å². The van der Waals surface area contributed by atoms with Crippen molar-refractivity contribution in [2.24, 2.45) is 5.41 Å². The van der Waals surface area contributed by atoms with Gasteiger partial charge in [0, 0.05) is 25.1 Å². The lowest BCUT2D eigenvalue weighted by Crippen LogP contribution is -2.40. The standard InChI is InChI=1S/C14H24N4S/c1-15-13-12(16-17-19-13)11-18-9-7-14(8-10-18)5-3-2-4-6-14/h15H,2-11H2,1H3. The fourth-order valence-electron chi connectivity index (χ4n) is 3.70. The van der Waals surface area contributed by atoms with E-state index >= 15 is 0 Å². The molecular weight excluding hydrogens is 256 g/mol. The van der Waals surface area contributed by atoms with E-state index in [9.17, 15) is 0 Å². The van der Waals surface area contributed by atoms with Crippen molar-refractivity contribution in [3.63, 3.8) is 0 Å². The molecule has 0 amide bonds. The van der Waals surface area contributed by atoms with E-state index in [-0.39, 0.29) is 0 Å². The summed E-state index contributed by atoms with van der Waals surface area (Å²) in [6.07, 6.45) is 10.1. The van der Waals surface area contributed by atoms with Gasteiger partial charge in [-0.15, -0.1) is 5.10 Å². The predicted molar refractivity (Wildman–Crippen MR) is 79.5 cm³/mol. The van der Waals surface area contributed by atoms with Crippen LogP contribution in [0.2, 0.25) is 0 Å². The minimum atomic E-state index is 0.695. The number of hydrogen-bond donors (Lipinski definition) is 1. The summed E-state index contributed by atoms with van der Waals surface area (Å²) in [6.45, 7) is 3.43. The van der Waals surface area contributed by atoms with Crippen molar-refractivity contribution in [1.29, 1.82) is 0 Å². The Bertz CT molecular complexity index is 401. The first-order chi connectivity index (χ1) is 9.31. The Morgan fingerprint density at radius 3 is 2.58 bits per heavy atom. The van der Waals surface area contributed by atoms with Gasteiger partial charge >= 0.3 is 0 Å². The van der Waals surface area contributed by atoms with Crippen LogP contribution in [-0.4, -0.2) is 34.6 Å². The second-order valence-corrected chi connectivity index (χ2v) is 6.89. The Balaban J connectivity index is 1.55. The van der Waals surface area contributed by atoms with Crippen LogP contribution in [0.4, 0.5) is 5.00 Å². The summed E-state index contributed by atoms with van der Waals surface area (Å²) in [7, 11) is 1.95. The molecule has 0 bridgehead atoms. The van der Waals surface area contributed by atoms with Crippen LogP contribution in [0.15, 0.2) is 0 Å². The second kappa shape index (κ2) is 5.75. The molecule has 3 rings (SSSR count). The molecule has 4 nitrogen and oxygen atoms in total. The monoisotopic (exact) mass is 280 g/mol. The molecule has 0 unspecified atom stereocenters. The van der Waals surface area contributed by atoms with Gasteiger partial charge in [0.05, 0.1) is 0 Å². The van der Waals surface area contributed by atoms with Crippen molar-refractivity contribution >= 4 is 16.5 Å². The molecule has 2 heterocycles. The molecular formula is C14H24N4S. The number of hydrogen-bond acceptors (Lipinski definition) is 5. The van der Waals surface area contributed by atoms with E-state index in [2.05, 4.69) is 19.8 Å². The zero-order valence-electron chi connectivity index (χ0n) is 11.8. The first kappa shape index (κ1) is 13.3. The number of nitrogens with zero attached hydrogens (tertiary/aromatic N) is 3. The maximum Gasteiger partial charge on any atom is 0.134 e. The van der Waals surface area contributed by atoms with Gasteiger partial charge in [-0.2, -0.15) is 0 Å². The van der Waals surface area contributed by atoms with Crippen molar-refractivity contribution in [2.45, 2.75) is 51.5 Å². The highest BCUT2D eigenvalue weighted by Crippen LogP contribution is 2.44. The molecule has 1 aromatic heterocycles. The van der Waals surface area contributed by atoms with Gasteiger partial charge < -0.3 is 5.32 Å². The molecule has 0 aromatic carbocycles. The third-order valence-electron chi connectivity index (χ3n) is 4.99. The van der Waals surface area contributed by atoms with Crippen LogP contribution in [0, 0.1) is 5.41 Å². The van der Waals surface area contributed by atoms with Gasteiger partial charge in [0.1, 0.15) is 10.7 Å². The Labute approximate surface area is 119 Å². The Morgan fingerprint density at radius 2 is 1.89 bits per heavy atom. The normalized spacial score (nSPS) is 23.6. The Morgan fingerprint density at radius 1 is 1.16 bits per heavy atom. The van der Waals surface area contributed by atoms with E-state index in [1.807, 2.05) is 7.05 Å². The van der Waals surface area contributed by atoms with Crippen LogP contribution >= 0.6 is 11.5 Å². The molecule has 2 fully saturated rings. The molecule has 1 aromatic rings. The van der Waals surface area contributed by atoms with E-state index in [4.69, 9.17) is 0 Å². The second-order valence-electron chi connectivity index (χ2n) is 6.14. The topological polar surface area (TPSA) is 41.1 Å². The molecule has 0 atom stereocenters. The highest BCUT2D eigenvalue weighted by atomic mass is 32.1. The van der Waals surface area contributed by atoms with Gasteiger partial charge in [0.2, 0.25) is 0 Å². The lowest BCUT2D eigenvalue weighted by molar-refractivity contribution is 0.0636. The number of likely N-dealkylation sites (tertiary alicyclic amines) is 1. The molecule has 1 saturated carbocycles. The van der Waals surface area contributed by atoms with Crippen molar-refractivity contribution in [1.82, 2.24) is 14.5 Å². The Kier molecular flexibility index (Phi) is 4.03. The van der Waals surface area contributed by atoms with Gasteiger partial charge in [-0.25, -0.2) is 0 Å². The first-order valence-electron chi connectivity index (χ1n) is 7.53. The minimum Gasteiger partial charge on any atom is -0.377 e. The smallest absolute Gasteiger partial charge is 0.134 e. The third-order valence-corrected chi connectivity index (χ3v) is 5.77. The maximum atomic E-state index is 4.25. The zero-order valence-corrected chi connectivity index (χ0v) is 12.6. The van der Waals surface area contributed by atoms with Gasteiger partial charge in [0.25, 0.3) is 0 Å². The molecule has 19 heavy (non-hydrogen) atoms. The van der Waals surface area contributed by atoms with Gasteiger partial charge in [0.15, 0.2) is 0 Å². The zero-order chi connectivity index (χ0) is 13.1. The van der Waals surface area contributed by atoms with Crippen molar-refractivity contribution < 1.29 is 0 Å². The number of anilines is 1. The van der Waals surface area contributed by atoms with Gasteiger partial charge in [-0.3, -0.25) is 4.90 Å². The van der Waals surface area contributed by atoms with Crippen LogP contribution in [0.5, 0.6) is 0 Å². The van der Waals surface area contributed by atoms with Crippen molar-refractivity contribution in [3.05, 3.63) is 5.69 Å². The molecule has 1 spiro atoms. The Hall–Kier alpha value is -0.680. The molecule has 5 heteroatoms. The summed E-state index contributed by atoms with van der Waals surface area (Å²) in [4.78, 5) is 2.55. The van der Waals surface area contributed by atoms with E-state index < -0.39 is 0 Å². The SMILES string of the molecule is CNc1snnc1CN1CCC2(CCCCC2)CC1. The number of piperidine rings is 1. The summed E-state index contributed by atoms with van der Waals surface area (Å²) in [5.41, 5.74) is 1.81. The fraction of sp³-hybridized carbons (Fsp3) is 0.857. The average Bonchev–Trinajstić information content (AvgIpc) is 2.90. The molecule has 1 aliphatic heterocycles.